The van der Waals surface area contributed by atoms with Crippen molar-refractivity contribution in [2.75, 3.05) is 6.61 Å². The SMILES string of the molecule is C#CC(CCC)NC1CC(OCC)C12CCCCC2. The van der Waals surface area contributed by atoms with Crippen molar-refractivity contribution in [1.29, 1.82) is 0 Å². The van der Waals surface area contributed by atoms with Crippen LogP contribution in [-0.4, -0.2) is 24.8 Å². The van der Waals surface area contributed by atoms with Gasteiger partial charge in [0.15, 0.2) is 0 Å². The van der Waals surface area contributed by atoms with Crippen molar-refractivity contribution in [3.05, 3.63) is 0 Å². The third-order valence-electron chi connectivity index (χ3n) is 5.12. The van der Waals surface area contributed by atoms with E-state index in [0.29, 0.717) is 17.6 Å². The molecule has 2 fully saturated rings. The molecule has 0 radical (unpaired) electrons. The number of nitrogens with one attached hydrogen (secondary N) is 1. The lowest BCUT2D eigenvalue weighted by molar-refractivity contribution is -0.151. The van der Waals surface area contributed by atoms with Gasteiger partial charge in [0.1, 0.15) is 0 Å². The highest BCUT2D eigenvalue weighted by Crippen LogP contribution is 2.53. The van der Waals surface area contributed by atoms with Crippen molar-refractivity contribution in [2.24, 2.45) is 5.41 Å². The van der Waals surface area contributed by atoms with Crippen molar-refractivity contribution in [3.8, 4) is 12.3 Å². The minimum atomic E-state index is 0.247. The molecule has 108 valence electrons. The molecule has 2 saturated carbocycles. The average molecular weight is 263 g/mol. The zero-order chi connectivity index (χ0) is 13.7. The fourth-order valence-electron chi connectivity index (χ4n) is 4.04. The minimum absolute atomic E-state index is 0.247. The molecule has 3 atom stereocenters. The predicted octanol–water partition coefficient (Wildman–Crippen LogP) is 3.51. The zero-order valence-corrected chi connectivity index (χ0v) is 12.6. The maximum atomic E-state index is 5.98. The van der Waals surface area contributed by atoms with Crippen LogP contribution in [0.3, 0.4) is 0 Å². The Labute approximate surface area is 118 Å². The van der Waals surface area contributed by atoms with Crippen molar-refractivity contribution in [2.45, 2.75) is 83.4 Å². The van der Waals surface area contributed by atoms with E-state index in [1.165, 1.54) is 32.1 Å². The van der Waals surface area contributed by atoms with Crippen LogP contribution in [0.4, 0.5) is 0 Å². The first kappa shape index (κ1) is 14.9. The lowest BCUT2D eigenvalue weighted by Gasteiger charge is -2.58. The van der Waals surface area contributed by atoms with Gasteiger partial charge in [0.05, 0.1) is 12.1 Å². The Balaban J connectivity index is 1.98. The quantitative estimate of drug-likeness (QED) is 0.741. The molecule has 2 nitrogen and oxygen atoms in total. The summed E-state index contributed by atoms with van der Waals surface area (Å²) in [5.74, 6) is 2.92. The van der Waals surface area contributed by atoms with Crippen molar-refractivity contribution >= 4 is 0 Å². The molecule has 0 aromatic heterocycles. The summed E-state index contributed by atoms with van der Waals surface area (Å²) in [4.78, 5) is 0. The van der Waals surface area contributed by atoms with E-state index in [1.54, 1.807) is 0 Å². The van der Waals surface area contributed by atoms with Gasteiger partial charge in [0, 0.05) is 18.1 Å². The Morgan fingerprint density at radius 2 is 2.05 bits per heavy atom. The third kappa shape index (κ3) is 2.98. The molecule has 0 aliphatic heterocycles. The number of rotatable bonds is 6. The van der Waals surface area contributed by atoms with E-state index >= 15 is 0 Å². The van der Waals surface area contributed by atoms with Gasteiger partial charge in [-0.2, -0.15) is 0 Å². The molecule has 1 N–H and O–H groups in total. The highest BCUT2D eigenvalue weighted by atomic mass is 16.5. The number of hydrogen-bond donors (Lipinski definition) is 1. The summed E-state index contributed by atoms with van der Waals surface area (Å²) in [7, 11) is 0. The normalized spacial score (nSPS) is 30.6. The first-order valence-corrected chi connectivity index (χ1v) is 8.10. The van der Waals surface area contributed by atoms with Crippen LogP contribution >= 0.6 is 0 Å². The van der Waals surface area contributed by atoms with Crippen LogP contribution in [0.5, 0.6) is 0 Å². The van der Waals surface area contributed by atoms with Gasteiger partial charge in [-0.15, -0.1) is 6.42 Å². The Bertz CT molecular complexity index is 314. The van der Waals surface area contributed by atoms with Crippen LogP contribution in [0, 0.1) is 17.8 Å². The van der Waals surface area contributed by atoms with E-state index in [4.69, 9.17) is 11.2 Å². The molecule has 2 heteroatoms. The van der Waals surface area contributed by atoms with Crippen LogP contribution in [0.2, 0.25) is 0 Å². The van der Waals surface area contributed by atoms with E-state index in [-0.39, 0.29) is 6.04 Å². The molecule has 2 aliphatic carbocycles. The van der Waals surface area contributed by atoms with Crippen LogP contribution in [0.15, 0.2) is 0 Å². The summed E-state index contributed by atoms with van der Waals surface area (Å²) in [6, 6.07) is 0.827. The highest BCUT2D eigenvalue weighted by Gasteiger charge is 2.55. The maximum Gasteiger partial charge on any atom is 0.0689 e. The second-order valence-electron chi connectivity index (χ2n) is 6.20. The minimum Gasteiger partial charge on any atom is -0.378 e. The van der Waals surface area contributed by atoms with Gasteiger partial charge in [-0.1, -0.05) is 38.5 Å². The molecule has 3 unspecified atom stereocenters. The van der Waals surface area contributed by atoms with Crippen LogP contribution in [0.25, 0.3) is 0 Å². The van der Waals surface area contributed by atoms with Gasteiger partial charge in [0.25, 0.3) is 0 Å². The Kier molecular flexibility index (Phi) is 5.30. The lowest BCUT2D eigenvalue weighted by Crippen LogP contribution is -2.65. The second-order valence-corrected chi connectivity index (χ2v) is 6.20. The molecular weight excluding hydrogens is 234 g/mol. The van der Waals surface area contributed by atoms with Crippen LogP contribution in [0.1, 0.15) is 65.2 Å². The topological polar surface area (TPSA) is 21.3 Å². The summed E-state index contributed by atoms with van der Waals surface area (Å²) in [6.45, 7) is 5.15. The molecule has 0 bridgehead atoms. The molecule has 0 amide bonds. The fraction of sp³-hybridized carbons (Fsp3) is 0.882. The van der Waals surface area contributed by atoms with E-state index < -0.39 is 0 Å². The predicted molar refractivity (Wildman–Crippen MR) is 80.0 cm³/mol. The smallest absolute Gasteiger partial charge is 0.0689 e. The van der Waals surface area contributed by atoms with E-state index in [1.807, 2.05) is 0 Å². The average Bonchev–Trinajstić information content (AvgIpc) is 2.46. The van der Waals surface area contributed by atoms with Gasteiger partial charge in [-0.25, -0.2) is 0 Å². The van der Waals surface area contributed by atoms with E-state index in [2.05, 4.69) is 25.1 Å². The third-order valence-corrected chi connectivity index (χ3v) is 5.12. The van der Waals surface area contributed by atoms with Gasteiger partial charge >= 0.3 is 0 Å². The highest BCUT2D eigenvalue weighted by molar-refractivity contribution is 5.12. The Morgan fingerprint density at radius 3 is 2.63 bits per heavy atom. The monoisotopic (exact) mass is 263 g/mol. The van der Waals surface area contributed by atoms with Gasteiger partial charge < -0.3 is 10.1 Å². The summed E-state index contributed by atoms with van der Waals surface area (Å²) >= 11 is 0. The summed E-state index contributed by atoms with van der Waals surface area (Å²) in [5.41, 5.74) is 0.386. The fourth-order valence-corrected chi connectivity index (χ4v) is 4.04. The zero-order valence-electron chi connectivity index (χ0n) is 12.6. The van der Waals surface area contributed by atoms with Crippen molar-refractivity contribution in [3.63, 3.8) is 0 Å². The maximum absolute atomic E-state index is 5.98. The van der Waals surface area contributed by atoms with Crippen LogP contribution in [-0.2, 0) is 4.74 Å². The van der Waals surface area contributed by atoms with E-state index in [0.717, 1.165) is 25.9 Å². The van der Waals surface area contributed by atoms with Crippen molar-refractivity contribution in [1.82, 2.24) is 5.32 Å². The summed E-state index contributed by atoms with van der Waals surface area (Å²) in [5, 5.41) is 3.74. The first-order chi connectivity index (χ1) is 9.26. The molecular formula is C17H29NO. The summed E-state index contributed by atoms with van der Waals surface area (Å²) < 4.78 is 5.98. The molecule has 0 aromatic carbocycles. The number of terminal acetylenes is 1. The number of ether oxygens (including phenoxy) is 1. The molecule has 19 heavy (non-hydrogen) atoms. The number of hydrogen-bond acceptors (Lipinski definition) is 2. The Morgan fingerprint density at radius 1 is 1.32 bits per heavy atom. The molecule has 2 aliphatic rings. The molecule has 0 saturated heterocycles. The van der Waals surface area contributed by atoms with Gasteiger partial charge in [-0.05, 0) is 32.6 Å². The molecule has 2 rings (SSSR count). The molecule has 1 spiro atoms. The second kappa shape index (κ2) is 6.77. The van der Waals surface area contributed by atoms with Gasteiger partial charge in [-0.3, -0.25) is 0 Å². The van der Waals surface area contributed by atoms with Crippen molar-refractivity contribution < 1.29 is 4.74 Å². The largest absolute Gasteiger partial charge is 0.378 e. The first-order valence-electron chi connectivity index (χ1n) is 8.10. The Hall–Kier alpha value is -0.520. The van der Waals surface area contributed by atoms with E-state index in [9.17, 15) is 0 Å². The standard InChI is InChI=1S/C17H29NO/c1-4-10-14(5-2)18-15-13-16(19-6-3)17(15)11-8-7-9-12-17/h2,14-16,18H,4,6-13H2,1,3H3. The van der Waals surface area contributed by atoms with Crippen LogP contribution < -0.4 is 5.32 Å². The molecule has 0 aromatic rings. The molecule has 0 heterocycles. The summed E-state index contributed by atoms with van der Waals surface area (Å²) in [6.07, 6.45) is 16.2. The lowest BCUT2D eigenvalue weighted by atomic mass is 9.55. The van der Waals surface area contributed by atoms with Gasteiger partial charge in [0.2, 0.25) is 0 Å².